The fourth-order valence-corrected chi connectivity index (χ4v) is 3.28. The van der Waals surface area contributed by atoms with Crippen LogP contribution in [0.4, 0.5) is 5.82 Å². The second-order valence-corrected chi connectivity index (χ2v) is 6.22. The summed E-state index contributed by atoms with van der Waals surface area (Å²) in [6, 6.07) is 0.338. The Morgan fingerprint density at radius 2 is 2.08 bits per heavy atom. The first kappa shape index (κ1) is 16.6. The van der Waals surface area contributed by atoms with Crippen molar-refractivity contribution < 1.29 is 4.79 Å². The van der Waals surface area contributed by atoms with Crippen molar-refractivity contribution in [2.75, 3.05) is 38.1 Å². The molecule has 8 heteroatoms. The smallest absolute Gasteiger partial charge is 0.242 e. The molecule has 2 aromatic rings. The average Bonchev–Trinajstić information content (AvgIpc) is 3.08. The van der Waals surface area contributed by atoms with Crippen LogP contribution in [0.2, 0.25) is 0 Å². The second-order valence-electron chi connectivity index (χ2n) is 6.22. The van der Waals surface area contributed by atoms with Crippen LogP contribution in [0.3, 0.4) is 0 Å². The van der Waals surface area contributed by atoms with Gasteiger partial charge in [0.1, 0.15) is 11.8 Å². The number of hydrogen-bond acceptors (Lipinski definition) is 6. The van der Waals surface area contributed by atoms with E-state index in [1.165, 1.54) is 6.33 Å². The van der Waals surface area contributed by atoms with E-state index in [9.17, 15) is 4.79 Å². The molecular weight excluding hydrogens is 306 g/mol. The van der Waals surface area contributed by atoms with Crippen LogP contribution in [0.1, 0.15) is 26.2 Å². The molecule has 8 nitrogen and oxygen atoms in total. The molecule has 0 atom stereocenters. The molecule has 3 heterocycles. The van der Waals surface area contributed by atoms with Gasteiger partial charge < -0.3 is 20.1 Å². The molecule has 0 unspecified atom stereocenters. The molecular formula is C16H25N7O. The Morgan fingerprint density at radius 3 is 2.83 bits per heavy atom. The van der Waals surface area contributed by atoms with Gasteiger partial charge in [0.25, 0.3) is 0 Å². The van der Waals surface area contributed by atoms with E-state index in [0.29, 0.717) is 24.1 Å². The largest absolute Gasteiger partial charge is 0.348 e. The van der Waals surface area contributed by atoms with Crippen LogP contribution in [-0.2, 0) is 4.79 Å². The Balaban J connectivity index is 1.72. The Labute approximate surface area is 141 Å². The maximum absolute atomic E-state index is 12.9. The third-order valence-corrected chi connectivity index (χ3v) is 4.47. The molecule has 3 rings (SSSR count). The van der Waals surface area contributed by atoms with Crippen LogP contribution in [0.5, 0.6) is 0 Å². The summed E-state index contributed by atoms with van der Waals surface area (Å²) in [5, 5.41) is 3.36. The van der Waals surface area contributed by atoms with E-state index in [4.69, 9.17) is 0 Å². The lowest BCUT2D eigenvalue weighted by Gasteiger charge is -2.35. The summed E-state index contributed by atoms with van der Waals surface area (Å²) in [5.74, 6) is 0.852. The summed E-state index contributed by atoms with van der Waals surface area (Å²) in [5.41, 5.74) is 1.37. The highest BCUT2D eigenvalue weighted by Crippen LogP contribution is 2.19. The van der Waals surface area contributed by atoms with Gasteiger partial charge in [-0.3, -0.25) is 4.79 Å². The fraction of sp³-hybridized carbons (Fsp3) is 0.625. The average molecular weight is 331 g/mol. The van der Waals surface area contributed by atoms with Crippen LogP contribution in [0.25, 0.3) is 11.2 Å². The number of likely N-dealkylation sites (N-methyl/N-ethyl adjacent to an activating group) is 1. The molecule has 1 amide bonds. The summed E-state index contributed by atoms with van der Waals surface area (Å²) in [6.45, 7) is 5.18. The number of carbonyl (C=O) groups is 1. The number of carbonyl (C=O) groups excluding carboxylic acids is 1. The van der Waals surface area contributed by atoms with Crippen molar-refractivity contribution in [3.05, 3.63) is 12.7 Å². The van der Waals surface area contributed by atoms with Crippen molar-refractivity contribution in [3.8, 4) is 0 Å². The molecule has 0 spiro atoms. The highest BCUT2D eigenvalue weighted by Gasteiger charge is 2.26. The maximum Gasteiger partial charge on any atom is 0.242 e. The molecule has 0 saturated carbocycles. The summed E-state index contributed by atoms with van der Waals surface area (Å²) < 4.78 is 0. The topological polar surface area (TPSA) is 90.0 Å². The monoisotopic (exact) mass is 331 g/mol. The molecule has 24 heavy (non-hydrogen) atoms. The Hall–Kier alpha value is -2.22. The zero-order valence-electron chi connectivity index (χ0n) is 14.3. The van der Waals surface area contributed by atoms with E-state index in [-0.39, 0.29) is 5.91 Å². The maximum atomic E-state index is 12.9. The summed E-state index contributed by atoms with van der Waals surface area (Å²) in [7, 11) is 1.88. The highest BCUT2D eigenvalue weighted by atomic mass is 16.2. The van der Waals surface area contributed by atoms with Crippen molar-refractivity contribution in [3.63, 3.8) is 0 Å². The van der Waals surface area contributed by atoms with Crippen molar-refractivity contribution in [1.82, 2.24) is 30.2 Å². The van der Waals surface area contributed by atoms with E-state index in [1.54, 1.807) is 6.33 Å². The Kier molecular flexibility index (Phi) is 5.24. The molecule has 0 radical (unpaired) electrons. The zero-order chi connectivity index (χ0) is 16.9. The van der Waals surface area contributed by atoms with Crippen LogP contribution in [0.15, 0.2) is 12.7 Å². The molecule has 130 valence electrons. The van der Waals surface area contributed by atoms with E-state index in [1.807, 2.05) is 16.8 Å². The first-order valence-corrected chi connectivity index (χ1v) is 8.56. The third kappa shape index (κ3) is 3.48. The predicted molar refractivity (Wildman–Crippen MR) is 92.8 cm³/mol. The highest BCUT2D eigenvalue weighted by molar-refractivity contribution is 5.87. The third-order valence-electron chi connectivity index (χ3n) is 4.47. The molecule has 2 N–H and O–H groups in total. The number of hydrogen-bond donors (Lipinski definition) is 2. The first-order valence-electron chi connectivity index (χ1n) is 8.56. The van der Waals surface area contributed by atoms with Gasteiger partial charge in [-0.1, -0.05) is 6.92 Å². The van der Waals surface area contributed by atoms with Crippen molar-refractivity contribution in [2.45, 2.75) is 32.2 Å². The quantitative estimate of drug-likeness (QED) is 0.813. The van der Waals surface area contributed by atoms with E-state index in [0.717, 1.165) is 44.4 Å². The van der Waals surface area contributed by atoms with Gasteiger partial charge in [0.2, 0.25) is 5.91 Å². The Bertz CT molecular complexity index is 680. The van der Waals surface area contributed by atoms with Gasteiger partial charge in [-0.15, -0.1) is 0 Å². The SMILES string of the molecule is CCCN(C(=O)CN(C)c1ncnc2nc[nH]c12)C1CCNCC1. The molecule has 1 saturated heterocycles. The molecule has 1 fully saturated rings. The minimum Gasteiger partial charge on any atom is -0.348 e. The number of imidazole rings is 1. The normalized spacial score (nSPS) is 15.6. The van der Waals surface area contributed by atoms with Gasteiger partial charge >= 0.3 is 0 Å². The van der Waals surface area contributed by atoms with Crippen LogP contribution < -0.4 is 10.2 Å². The van der Waals surface area contributed by atoms with Gasteiger partial charge in [-0.05, 0) is 32.4 Å². The fourth-order valence-electron chi connectivity index (χ4n) is 3.28. The van der Waals surface area contributed by atoms with Gasteiger partial charge in [0.05, 0.1) is 12.9 Å². The number of piperidine rings is 1. The lowest BCUT2D eigenvalue weighted by molar-refractivity contribution is -0.132. The molecule has 0 aliphatic carbocycles. The van der Waals surface area contributed by atoms with E-state index < -0.39 is 0 Å². The number of amides is 1. The molecule has 1 aliphatic heterocycles. The number of H-pyrrole nitrogens is 1. The lowest BCUT2D eigenvalue weighted by atomic mass is 10.0. The number of nitrogens with one attached hydrogen (secondary N) is 2. The standard InChI is InChI=1S/C16H25N7O/c1-3-8-23(12-4-6-17-7-5-12)13(24)9-22(2)16-14-15(19-10-18-14)20-11-21-16/h10-12,17H,3-9H2,1-2H3,(H,18,19,20,21). The number of anilines is 1. The lowest BCUT2D eigenvalue weighted by Crippen LogP contribution is -2.49. The van der Waals surface area contributed by atoms with Gasteiger partial charge in [-0.25, -0.2) is 15.0 Å². The minimum absolute atomic E-state index is 0.150. The molecule has 1 aliphatic rings. The summed E-state index contributed by atoms with van der Waals surface area (Å²) >= 11 is 0. The number of fused-ring (bicyclic) bond motifs is 1. The van der Waals surface area contributed by atoms with E-state index in [2.05, 4.69) is 32.2 Å². The molecule has 2 aromatic heterocycles. The summed E-state index contributed by atoms with van der Waals surface area (Å²) in [4.78, 5) is 32.4. The predicted octanol–water partition coefficient (Wildman–Crippen LogP) is 0.780. The number of aromatic amines is 1. The summed E-state index contributed by atoms with van der Waals surface area (Å²) in [6.07, 6.45) is 6.09. The number of rotatable bonds is 6. The van der Waals surface area contributed by atoms with Crippen molar-refractivity contribution >= 4 is 22.9 Å². The van der Waals surface area contributed by atoms with Gasteiger partial charge in [0.15, 0.2) is 11.5 Å². The van der Waals surface area contributed by atoms with Crippen molar-refractivity contribution in [2.24, 2.45) is 0 Å². The Morgan fingerprint density at radius 1 is 1.29 bits per heavy atom. The van der Waals surface area contributed by atoms with Gasteiger partial charge in [0, 0.05) is 19.6 Å². The second kappa shape index (κ2) is 7.57. The molecule has 0 aromatic carbocycles. The minimum atomic E-state index is 0.150. The zero-order valence-corrected chi connectivity index (χ0v) is 14.3. The number of nitrogens with zero attached hydrogens (tertiary/aromatic N) is 5. The van der Waals surface area contributed by atoms with Crippen LogP contribution in [-0.4, -0.2) is 70.0 Å². The van der Waals surface area contributed by atoms with Crippen LogP contribution in [0, 0.1) is 0 Å². The van der Waals surface area contributed by atoms with Gasteiger partial charge in [-0.2, -0.15) is 0 Å². The first-order chi connectivity index (χ1) is 11.7. The number of aromatic nitrogens is 4. The van der Waals surface area contributed by atoms with Crippen molar-refractivity contribution in [1.29, 1.82) is 0 Å². The van der Waals surface area contributed by atoms with E-state index >= 15 is 0 Å². The van der Waals surface area contributed by atoms with Crippen LogP contribution >= 0.6 is 0 Å². The molecule has 0 bridgehead atoms.